The van der Waals surface area contributed by atoms with Crippen LogP contribution in [0.1, 0.15) is 82.0 Å². The van der Waals surface area contributed by atoms with Crippen molar-refractivity contribution >= 4 is 107 Å². The summed E-state index contributed by atoms with van der Waals surface area (Å²) < 4.78 is 107. The van der Waals surface area contributed by atoms with Crippen LogP contribution in [-0.2, 0) is 95.4 Å². The molecule has 1 unspecified atom stereocenters. The van der Waals surface area contributed by atoms with Crippen LogP contribution in [0.2, 0.25) is 0 Å². The number of carbonyl (C=O) groups is 12. The maximum Gasteiger partial charge on any atom is 0.306 e. The van der Waals surface area contributed by atoms with Crippen LogP contribution in [0.3, 0.4) is 0 Å². The number of aliphatic hydroxyl groups is 8. The summed E-state index contributed by atoms with van der Waals surface area (Å²) in [6.07, 6.45) is -14.0. The lowest BCUT2D eigenvalue weighted by atomic mass is 9.97. The van der Waals surface area contributed by atoms with E-state index in [0.717, 1.165) is 40.7 Å². The van der Waals surface area contributed by atoms with Gasteiger partial charge in [0.1, 0.15) is 192 Å². The van der Waals surface area contributed by atoms with Crippen molar-refractivity contribution in [1.29, 1.82) is 0 Å². The number of aromatic nitrogens is 12. The fourth-order valence-electron chi connectivity index (χ4n) is 15.3. The molecular formula is C85H92F4N16O30S3. The van der Waals surface area contributed by atoms with Crippen molar-refractivity contribution in [1.82, 2.24) is 80.4 Å². The van der Waals surface area contributed by atoms with Crippen molar-refractivity contribution in [3.63, 3.8) is 0 Å². The van der Waals surface area contributed by atoms with Crippen LogP contribution in [0, 0.1) is 23.3 Å². The van der Waals surface area contributed by atoms with Gasteiger partial charge in [-0.1, -0.05) is 92.9 Å². The highest BCUT2D eigenvalue weighted by molar-refractivity contribution is 8.00. The molecule has 53 heteroatoms. The van der Waals surface area contributed by atoms with Crippen molar-refractivity contribution in [3.8, 4) is 45.0 Å². The average molecular weight is 1990 g/mol. The van der Waals surface area contributed by atoms with E-state index < -0.39 is 272 Å². The maximum absolute atomic E-state index is 14.2. The number of nitrogens with zero attached hydrogens (tertiary/aromatic N) is 14. The molecule has 21 atom stereocenters. The Balaban J connectivity index is 0.000000233. The first-order valence-electron chi connectivity index (χ1n) is 42.7. The van der Waals surface area contributed by atoms with Crippen molar-refractivity contribution < 1.29 is 164 Å². The third kappa shape index (κ3) is 26.1. The molecule has 5 fully saturated rings. The number of halogens is 4. The molecular weight excluding hydrogens is 1900 g/mol. The molecule has 14 rings (SSSR count). The molecule has 8 aromatic rings. The van der Waals surface area contributed by atoms with E-state index in [1.165, 1.54) is 109 Å². The number of likely N-dealkylation sites (tertiary alicyclic amines) is 1. The average Bonchev–Trinajstić information content (AvgIpc) is 1.75. The standard InChI is InChI=1S/C43H48F2N8O15S2.C42H44F2N8O15S/c1-69-29-16-31(55)51(41(29)64)13-12-46-30(54)8-10-33(58)65-19-27-37(60)35(52-17-25(47-49-52)21-4-2-6-23(44)14-21)39(62)42(67-27)70-43-40(63)36(38(61)28(68-43)20-66-34(59)11-9-32(56)57)53-18-26(48-50-53)22-5-3-7-24(45)15-22;43-23-5-1-3-21(15-23)25-17-51(48-46-25)35-37(60)27(19-64-33(58)11-7-29(53)45-13-14-50-30(54)8-9-31(50)55)66-41(39(35)62)68-42-40(63)36(38(61)28(67-42)20-65-34(59)12-10-32(56)57)52-18-26(47-49-52)22-4-2-6-24(44)16-22/h2-7,14-15,17-18,27-29,35-40,42-43,60-63H,8-13,16,19-20H2,1H3,(H,46,54)(H,56,57);1-6,8-9,15-18,27-28,35-42,60-63H,7,10-14,19-20H2,(H,45,53)(H,56,57)/t27-,28-,29?,35+,36+,37+,38+,39-,40-,42+,43+;27-,28-,35+,36+,37+,38+,39-,40-,41+,42+/m11/s1. The summed E-state index contributed by atoms with van der Waals surface area (Å²) in [4.78, 5) is 148. The Kier molecular flexibility index (Phi) is 35.2. The minimum absolute atomic E-state index is 0.0473. The molecule has 738 valence electrons. The predicted octanol–water partition coefficient (Wildman–Crippen LogP) is -0.108. The monoisotopic (exact) mass is 1990 g/mol. The van der Waals surface area contributed by atoms with E-state index in [-0.39, 0.29) is 80.0 Å². The number of aliphatic carboxylic acids is 2. The number of imide groups is 2. The zero-order valence-corrected chi connectivity index (χ0v) is 74.9. The number of carboxylic acid groups (broad SMARTS) is 2. The molecule has 0 spiro atoms. The fourth-order valence-corrected chi connectivity index (χ4v) is 18.6. The Morgan fingerprint density at radius 2 is 0.674 bits per heavy atom. The Hall–Kier alpha value is -12.5. The number of carbonyl (C=O) groups excluding carboxylic acids is 10. The molecule has 6 aliphatic rings. The van der Waals surface area contributed by atoms with Crippen LogP contribution < -0.4 is 10.6 Å². The van der Waals surface area contributed by atoms with Gasteiger partial charge in [0.25, 0.3) is 11.8 Å². The highest BCUT2D eigenvalue weighted by atomic mass is 32.2. The SMILES string of the molecule is CSC1CC(=O)N(CCNC(=O)CCC(=O)OC[C@H]2O[C@@H](S[C@@H]3O[C@H](COC(=O)CCC(=O)O)[C@H](O)[C@H](n4cc(-c5cccc(F)c5)nn4)[C@H]3O)[C@H](O)[C@@H](n3cc(-c4cccc(F)c4)nn3)[C@H]2O)C1=O.O=C(O)CCC(=O)OC[C@H]1O[C@@H](S[C@@H]2O[C@H](COC(=O)CCC(=O)NCCN3C(=O)C=CC3=O)[C@H](O)[C@H](n3cc(-c4cccc(F)c4)nn3)[C@H]2O)[C@H](O)[C@@H](n2cc(-c3cccc(F)c3)nn2)[C@H]1O. The summed E-state index contributed by atoms with van der Waals surface area (Å²) in [5, 5.41) is 149. The lowest BCUT2D eigenvalue weighted by Gasteiger charge is -2.46. The highest BCUT2D eigenvalue weighted by Gasteiger charge is 2.55. The quantitative estimate of drug-likeness (QED) is 0.0103. The largest absolute Gasteiger partial charge is 0.481 e. The van der Waals surface area contributed by atoms with Crippen LogP contribution in [-0.4, -0.2) is 351 Å². The topological polar surface area (TPSA) is 634 Å². The minimum atomic E-state index is -1.74. The Morgan fingerprint density at radius 1 is 0.399 bits per heavy atom. The van der Waals surface area contributed by atoms with Gasteiger partial charge in [-0.3, -0.25) is 67.3 Å². The molecule has 6 aliphatic heterocycles. The van der Waals surface area contributed by atoms with E-state index in [1.807, 2.05) is 0 Å². The highest BCUT2D eigenvalue weighted by Crippen LogP contribution is 2.46. The number of aliphatic hydroxyl groups excluding tert-OH is 8. The van der Waals surface area contributed by atoms with E-state index in [9.17, 15) is 116 Å². The molecule has 0 saturated carbocycles. The minimum Gasteiger partial charge on any atom is -0.481 e. The van der Waals surface area contributed by atoms with Gasteiger partial charge in [0.15, 0.2) is 0 Å². The molecule has 10 heterocycles. The zero-order valence-electron chi connectivity index (χ0n) is 72.5. The molecule has 0 bridgehead atoms. The molecule has 46 nitrogen and oxygen atoms in total. The molecule has 0 radical (unpaired) electrons. The van der Waals surface area contributed by atoms with Gasteiger partial charge in [-0.2, -0.15) is 11.8 Å². The number of thioether (sulfide) groups is 3. The van der Waals surface area contributed by atoms with Crippen LogP contribution in [0.4, 0.5) is 17.6 Å². The van der Waals surface area contributed by atoms with Gasteiger partial charge in [-0.25, -0.2) is 36.3 Å². The van der Waals surface area contributed by atoms with Crippen LogP contribution in [0.25, 0.3) is 45.0 Å². The van der Waals surface area contributed by atoms with Gasteiger partial charge in [0, 0.05) is 79.8 Å². The van der Waals surface area contributed by atoms with Crippen molar-refractivity contribution in [2.75, 3.05) is 58.9 Å². The van der Waals surface area contributed by atoms with Gasteiger partial charge in [-0.15, -0.1) is 20.4 Å². The summed E-state index contributed by atoms with van der Waals surface area (Å²) in [6.45, 7) is -2.90. The van der Waals surface area contributed by atoms with Gasteiger partial charge in [0.05, 0.1) is 68.6 Å². The van der Waals surface area contributed by atoms with Gasteiger partial charge < -0.3 is 99.6 Å². The van der Waals surface area contributed by atoms with Crippen LogP contribution in [0.5, 0.6) is 0 Å². The summed E-state index contributed by atoms with van der Waals surface area (Å²) in [7, 11) is 0. The predicted molar refractivity (Wildman–Crippen MR) is 462 cm³/mol. The molecule has 12 N–H and O–H groups in total. The van der Waals surface area contributed by atoms with E-state index in [4.69, 9.17) is 48.1 Å². The maximum atomic E-state index is 14.2. The molecule has 5 saturated heterocycles. The number of amides is 6. The van der Waals surface area contributed by atoms with Gasteiger partial charge in [-0.05, 0) is 54.8 Å². The molecule has 138 heavy (non-hydrogen) atoms. The first-order valence-corrected chi connectivity index (χ1v) is 45.8. The third-order valence-corrected chi connectivity index (χ3v) is 26.1. The van der Waals surface area contributed by atoms with Crippen molar-refractivity contribution in [2.24, 2.45) is 0 Å². The van der Waals surface area contributed by atoms with Crippen LogP contribution >= 0.6 is 35.3 Å². The second-order valence-electron chi connectivity index (χ2n) is 31.9. The Bertz CT molecular complexity index is 5730. The zero-order chi connectivity index (χ0) is 98.9. The van der Waals surface area contributed by atoms with E-state index >= 15 is 0 Å². The smallest absolute Gasteiger partial charge is 0.306 e. The fraction of sp³-hybridized carbons (Fsp3) is 0.459. The second kappa shape index (κ2) is 47.2. The van der Waals surface area contributed by atoms with Crippen molar-refractivity contribution in [3.05, 3.63) is 157 Å². The van der Waals surface area contributed by atoms with E-state index in [0.29, 0.717) is 45.8 Å². The number of rotatable bonds is 39. The van der Waals surface area contributed by atoms with Gasteiger partial charge >= 0.3 is 35.8 Å². The molecule has 4 aromatic carbocycles. The number of benzene rings is 4. The van der Waals surface area contributed by atoms with E-state index in [1.54, 1.807) is 30.5 Å². The van der Waals surface area contributed by atoms with Crippen LogP contribution in [0.15, 0.2) is 134 Å². The normalized spacial score (nSPS) is 26.3. The molecule has 4 aromatic heterocycles. The lowest BCUT2D eigenvalue weighted by Crippen LogP contribution is -2.58. The Morgan fingerprint density at radius 3 is 0.935 bits per heavy atom. The summed E-state index contributed by atoms with van der Waals surface area (Å²) >= 11 is 2.54. The first kappa shape index (κ1) is 103. The van der Waals surface area contributed by atoms with Gasteiger partial charge in [0.2, 0.25) is 23.6 Å². The number of carboxylic acids is 2. The number of hydrogen-bond donors (Lipinski definition) is 12. The molecule has 0 aliphatic carbocycles. The number of nitrogens with one attached hydrogen (secondary N) is 2. The Labute approximate surface area is 790 Å². The number of hydrogen-bond acceptors (Lipinski definition) is 39. The number of ether oxygens (including phenoxy) is 8. The first-order chi connectivity index (χ1) is 66.1. The second-order valence-corrected chi connectivity index (χ2v) is 35.3. The lowest BCUT2D eigenvalue weighted by molar-refractivity contribution is -0.197. The van der Waals surface area contributed by atoms with Crippen molar-refractivity contribution in [2.45, 2.75) is 182 Å². The summed E-state index contributed by atoms with van der Waals surface area (Å²) in [5.74, 6) is -11.4. The van der Waals surface area contributed by atoms with E-state index in [2.05, 4.69) is 51.9 Å². The summed E-state index contributed by atoms with van der Waals surface area (Å²) in [5.41, 5.74) is -4.21. The molecule has 6 amide bonds. The third-order valence-electron chi connectivity index (χ3n) is 22.5. The number of esters is 4. The summed E-state index contributed by atoms with van der Waals surface area (Å²) in [6, 6.07) is 15.8.